The van der Waals surface area contributed by atoms with E-state index >= 15 is 0 Å². The van der Waals surface area contributed by atoms with Gasteiger partial charge in [0.05, 0.1) is 30.1 Å². The zero-order chi connectivity index (χ0) is 35.1. The maximum Gasteiger partial charge on any atom is 0.434 e. The first-order valence-electron chi connectivity index (χ1n) is 16.3. The van der Waals surface area contributed by atoms with E-state index in [9.17, 15) is 27.9 Å². The normalized spacial score (nSPS) is 17.9. The number of carbonyl (C=O) groups is 2. The fourth-order valence-electron chi connectivity index (χ4n) is 6.18. The van der Waals surface area contributed by atoms with Crippen molar-refractivity contribution in [1.29, 1.82) is 0 Å². The molecule has 0 unspecified atom stereocenters. The van der Waals surface area contributed by atoms with Crippen molar-refractivity contribution in [3.63, 3.8) is 0 Å². The topological polar surface area (TPSA) is 102 Å². The van der Waals surface area contributed by atoms with E-state index < -0.39 is 35.8 Å². The summed E-state index contributed by atoms with van der Waals surface area (Å²) in [6, 6.07) is 14.4. The number of hydrogen-bond acceptors (Lipinski definition) is 8. The number of hydrogen-bond donors (Lipinski definition) is 1. The minimum atomic E-state index is -4.61. The van der Waals surface area contributed by atoms with Gasteiger partial charge in [0.15, 0.2) is 5.69 Å². The number of carbonyl (C=O) groups excluding carboxylic acids is 2. The Balaban J connectivity index is 1.43. The Morgan fingerprint density at radius 2 is 1.88 bits per heavy atom. The lowest BCUT2D eigenvalue weighted by Crippen LogP contribution is -2.45. The maximum absolute atomic E-state index is 13.7. The van der Waals surface area contributed by atoms with Crippen molar-refractivity contribution in [2.75, 3.05) is 13.6 Å². The molecule has 1 amide bonds. The number of allylic oxidation sites excluding steroid dienone is 1. The molecule has 0 saturated heterocycles. The fraction of sp³-hybridized carbons (Fsp3) is 0.405. The number of aliphatic hydroxyl groups excluding tert-OH is 1. The van der Waals surface area contributed by atoms with Crippen LogP contribution in [-0.2, 0) is 33.7 Å². The summed E-state index contributed by atoms with van der Waals surface area (Å²) in [5.74, 6) is -1.60. The van der Waals surface area contributed by atoms with Gasteiger partial charge in [0.1, 0.15) is 23.1 Å². The minimum absolute atomic E-state index is 0.0680. The van der Waals surface area contributed by atoms with Crippen LogP contribution >= 0.6 is 11.3 Å². The number of fused-ring (bicyclic) bond motifs is 1. The lowest BCUT2D eigenvalue weighted by atomic mass is 9.77. The van der Waals surface area contributed by atoms with Gasteiger partial charge in [0.25, 0.3) is 0 Å². The van der Waals surface area contributed by atoms with Gasteiger partial charge in [0, 0.05) is 30.4 Å². The van der Waals surface area contributed by atoms with Gasteiger partial charge in [-0.2, -0.15) is 13.2 Å². The number of esters is 1. The van der Waals surface area contributed by atoms with Crippen molar-refractivity contribution >= 4 is 34.1 Å². The second-order valence-corrected chi connectivity index (χ2v) is 13.2. The van der Waals surface area contributed by atoms with Crippen LogP contribution in [0.1, 0.15) is 60.9 Å². The Morgan fingerprint density at radius 1 is 1.10 bits per heavy atom. The van der Waals surface area contributed by atoms with Gasteiger partial charge in [-0.3, -0.25) is 9.59 Å². The number of halogens is 3. The van der Waals surface area contributed by atoms with Gasteiger partial charge in [-0.25, -0.2) is 9.97 Å². The van der Waals surface area contributed by atoms with Crippen LogP contribution in [-0.4, -0.2) is 51.5 Å². The summed E-state index contributed by atoms with van der Waals surface area (Å²) < 4.78 is 52.5. The molecule has 3 atom stereocenters. The summed E-state index contributed by atoms with van der Waals surface area (Å²) in [7, 11) is 1.75. The smallest absolute Gasteiger partial charge is 0.434 e. The number of nitrogens with zero attached hydrogens (tertiary/aromatic N) is 3. The molecule has 1 saturated carbocycles. The number of aromatic nitrogens is 2. The molecule has 0 bridgehead atoms. The highest BCUT2D eigenvalue weighted by Gasteiger charge is 2.42. The molecule has 12 heteroatoms. The highest BCUT2D eigenvalue weighted by molar-refractivity contribution is 7.13. The van der Waals surface area contributed by atoms with Gasteiger partial charge in [0.2, 0.25) is 5.91 Å². The molecule has 0 radical (unpaired) electrons. The second-order valence-electron chi connectivity index (χ2n) is 12.3. The molecule has 260 valence electrons. The summed E-state index contributed by atoms with van der Waals surface area (Å²) >= 11 is 0.824. The molecule has 1 aliphatic rings. The number of pyridine rings is 1. The Kier molecular flexibility index (Phi) is 11.7. The predicted molar refractivity (Wildman–Crippen MR) is 182 cm³/mol. The van der Waals surface area contributed by atoms with E-state index in [0.29, 0.717) is 47.2 Å². The highest BCUT2D eigenvalue weighted by Crippen LogP contribution is 2.40. The number of ether oxygens (including phenoxy) is 2. The van der Waals surface area contributed by atoms with Crippen molar-refractivity contribution in [1.82, 2.24) is 14.9 Å². The number of benzene rings is 2. The lowest BCUT2D eigenvalue weighted by molar-refractivity contribution is -0.159. The largest absolute Gasteiger partial charge is 0.490 e. The molecule has 49 heavy (non-hydrogen) atoms. The number of aliphatic hydroxyl groups is 1. The third-order valence-corrected chi connectivity index (χ3v) is 9.83. The SMILES string of the molecule is C=CCCCCN(C)C(=O)[C@@H]1CC[C@H](Oc2cc(-c3nc(C(F)(F)F)cs3)nc3c(C)c(CO)ccc23)C[C@H]1C(=O)OCc1ccccc1. The van der Waals surface area contributed by atoms with Gasteiger partial charge in [-0.1, -0.05) is 42.5 Å². The molecule has 2 aromatic carbocycles. The first-order valence-corrected chi connectivity index (χ1v) is 17.2. The third-order valence-electron chi connectivity index (χ3n) is 8.96. The van der Waals surface area contributed by atoms with E-state index in [4.69, 9.17) is 9.47 Å². The Labute approximate surface area is 287 Å². The highest BCUT2D eigenvalue weighted by atomic mass is 32.1. The number of rotatable bonds is 13. The van der Waals surface area contributed by atoms with Crippen molar-refractivity contribution in [2.45, 2.75) is 70.9 Å². The zero-order valence-electron chi connectivity index (χ0n) is 27.5. The molecule has 2 aromatic heterocycles. The van der Waals surface area contributed by atoms with Crippen LogP contribution in [0.5, 0.6) is 5.75 Å². The first kappa shape index (κ1) is 36.0. The van der Waals surface area contributed by atoms with Crippen LogP contribution in [0.4, 0.5) is 13.2 Å². The molecule has 4 aromatic rings. The van der Waals surface area contributed by atoms with Crippen LogP contribution in [0, 0.1) is 18.8 Å². The van der Waals surface area contributed by atoms with Crippen molar-refractivity contribution < 1.29 is 37.3 Å². The number of alkyl halides is 3. The summed E-state index contributed by atoms with van der Waals surface area (Å²) in [4.78, 5) is 37.5. The standard InChI is InChI=1S/C37H40F3N3O5S/c1-4-5-6-10-17-43(3)35(45)27-16-14-26(18-29(27)36(46)47-21-24-11-8-7-9-12-24)48-31-19-30(34-42-32(22-49-34)37(38,39)40)41-33-23(2)25(20-44)13-15-28(31)33/h4,7-9,11-13,15,19,22,26-27,29,44H,1,5-6,10,14,16-18,20-21H2,2-3H3/t26-,27+,29+/m0/s1. The van der Waals surface area contributed by atoms with Crippen LogP contribution in [0.2, 0.25) is 0 Å². The Bertz CT molecular complexity index is 1780. The minimum Gasteiger partial charge on any atom is -0.490 e. The summed E-state index contributed by atoms with van der Waals surface area (Å²) in [6.45, 7) is 5.91. The molecule has 0 spiro atoms. The van der Waals surface area contributed by atoms with Crippen molar-refractivity contribution in [3.05, 3.63) is 89.0 Å². The second kappa shape index (κ2) is 15.9. The van der Waals surface area contributed by atoms with Crippen molar-refractivity contribution in [2.24, 2.45) is 11.8 Å². The quantitative estimate of drug-likeness (QED) is 0.0862. The van der Waals surface area contributed by atoms with Crippen LogP contribution < -0.4 is 4.74 Å². The van der Waals surface area contributed by atoms with E-state index in [1.165, 1.54) is 0 Å². The zero-order valence-corrected chi connectivity index (χ0v) is 28.4. The number of amides is 1. The molecule has 0 aliphatic heterocycles. The molecule has 2 heterocycles. The number of thiazole rings is 1. The lowest BCUT2D eigenvalue weighted by Gasteiger charge is -2.36. The Morgan fingerprint density at radius 3 is 2.57 bits per heavy atom. The summed E-state index contributed by atoms with van der Waals surface area (Å²) in [6.07, 6.45) is 0.369. The van der Waals surface area contributed by atoms with E-state index in [2.05, 4.69) is 16.5 Å². The predicted octanol–water partition coefficient (Wildman–Crippen LogP) is 7.90. The molecule has 1 N–H and O–H groups in total. The molecule has 5 rings (SSSR count). The molecular weight excluding hydrogens is 655 g/mol. The van der Waals surface area contributed by atoms with E-state index in [0.717, 1.165) is 41.5 Å². The van der Waals surface area contributed by atoms with E-state index in [1.54, 1.807) is 37.1 Å². The van der Waals surface area contributed by atoms with Crippen LogP contribution in [0.15, 0.2) is 66.6 Å². The maximum atomic E-state index is 13.7. The molecule has 8 nitrogen and oxygen atoms in total. The average molecular weight is 696 g/mol. The number of unbranched alkanes of at least 4 members (excludes halogenated alkanes) is 2. The third kappa shape index (κ3) is 8.66. The van der Waals surface area contributed by atoms with Gasteiger partial charge >= 0.3 is 12.1 Å². The number of aryl methyl sites for hydroxylation is 1. The van der Waals surface area contributed by atoms with Crippen LogP contribution in [0.3, 0.4) is 0 Å². The van der Waals surface area contributed by atoms with Crippen molar-refractivity contribution in [3.8, 4) is 16.5 Å². The van der Waals surface area contributed by atoms with E-state index in [1.807, 2.05) is 36.4 Å². The summed E-state index contributed by atoms with van der Waals surface area (Å²) in [5.41, 5.74) is 1.75. The molecular formula is C37H40F3N3O5S. The van der Waals surface area contributed by atoms with Crippen LogP contribution in [0.25, 0.3) is 21.6 Å². The fourth-order valence-corrected chi connectivity index (χ4v) is 6.97. The van der Waals surface area contributed by atoms with Gasteiger partial charge in [-0.15, -0.1) is 17.9 Å². The Hall–Kier alpha value is -4.29. The molecule has 1 aliphatic carbocycles. The monoisotopic (exact) mass is 695 g/mol. The van der Waals surface area contributed by atoms with Gasteiger partial charge in [-0.05, 0) is 68.2 Å². The average Bonchev–Trinajstić information content (AvgIpc) is 3.61. The first-order chi connectivity index (χ1) is 23.5. The summed E-state index contributed by atoms with van der Waals surface area (Å²) in [5, 5.41) is 11.5. The molecule has 1 fully saturated rings. The van der Waals surface area contributed by atoms with Gasteiger partial charge < -0.3 is 19.5 Å². The van der Waals surface area contributed by atoms with E-state index in [-0.39, 0.29) is 36.2 Å².